The fourth-order valence-corrected chi connectivity index (χ4v) is 6.89. The third kappa shape index (κ3) is 3.81. The number of aliphatic hydroxyl groups excluding tert-OH is 1. The second-order valence-electron chi connectivity index (χ2n) is 10.4. The third-order valence-corrected chi connectivity index (χ3v) is 8.05. The second kappa shape index (κ2) is 7.36. The van der Waals surface area contributed by atoms with Crippen LogP contribution in [0.2, 0.25) is 0 Å². The number of aromatic nitrogens is 1. The van der Waals surface area contributed by atoms with E-state index in [0.29, 0.717) is 30.5 Å². The van der Waals surface area contributed by atoms with Gasteiger partial charge in [-0.15, -0.1) is 0 Å². The summed E-state index contributed by atoms with van der Waals surface area (Å²) >= 11 is 0. The number of rotatable bonds is 3. The highest BCUT2D eigenvalue weighted by Gasteiger charge is 2.58. The molecule has 1 amide bonds. The van der Waals surface area contributed by atoms with Crippen LogP contribution in [0.25, 0.3) is 0 Å². The largest absolute Gasteiger partial charge is 0.416 e. The molecule has 2 heterocycles. The van der Waals surface area contributed by atoms with Crippen molar-refractivity contribution in [1.29, 1.82) is 0 Å². The lowest BCUT2D eigenvalue weighted by molar-refractivity contribution is -0.163. The number of hydrogen-bond acceptors (Lipinski definition) is 4. The number of pyridine rings is 1. The van der Waals surface area contributed by atoms with Crippen LogP contribution in [0.1, 0.15) is 56.2 Å². The molecule has 4 saturated carbocycles. The maximum Gasteiger partial charge on any atom is 0.416 e. The van der Waals surface area contributed by atoms with Crippen molar-refractivity contribution in [2.45, 2.75) is 70.2 Å². The number of anilines is 1. The highest BCUT2D eigenvalue weighted by molar-refractivity contribution is 5.83. The van der Waals surface area contributed by atoms with Gasteiger partial charge >= 0.3 is 6.18 Å². The van der Waals surface area contributed by atoms with Gasteiger partial charge in [0, 0.05) is 24.8 Å². The molecule has 1 aliphatic heterocycles. The van der Waals surface area contributed by atoms with Crippen LogP contribution < -0.4 is 10.2 Å². The first kappa shape index (κ1) is 21.0. The number of alkyl halides is 3. The molecule has 8 heteroatoms. The van der Waals surface area contributed by atoms with E-state index in [1.54, 1.807) is 6.92 Å². The molecule has 4 bridgehead atoms. The fraction of sp³-hybridized carbons (Fsp3) is 0.739. The van der Waals surface area contributed by atoms with Gasteiger partial charge in [0.1, 0.15) is 5.82 Å². The van der Waals surface area contributed by atoms with Crippen LogP contribution in [0.3, 0.4) is 0 Å². The number of aliphatic hydroxyl groups is 1. The highest BCUT2D eigenvalue weighted by Crippen LogP contribution is 2.60. The van der Waals surface area contributed by atoms with Crippen molar-refractivity contribution in [2.75, 3.05) is 18.0 Å². The molecule has 170 valence electrons. The van der Waals surface area contributed by atoms with Gasteiger partial charge in [0.05, 0.1) is 17.1 Å². The van der Waals surface area contributed by atoms with Gasteiger partial charge in [0.2, 0.25) is 5.91 Å². The Balaban J connectivity index is 1.29. The van der Waals surface area contributed by atoms with Gasteiger partial charge in [-0.2, -0.15) is 13.2 Å². The van der Waals surface area contributed by atoms with Crippen molar-refractivity contribution in [3.05, 3.63) is 23.4 Å². The minimum absolute atomic E-state index is 0.0823. The smallest absolute Gasteiger partial charge is 0.393 e. The van der Waals surface area contributed by atoms with Gasteiger partial charge in [-0.3, -0.25) is 4.79 Å². The summed E-state index contributed by atoms with van der Waals surface area (Å²) in [5.41, 5.74) is -0.723. The van der Waals surface area contributed by atoms with Crippen molar-refractivity contribution < 1.29 is 23.1 Å². The number of halogens is 3. The number of carbonyl (C=O) groups excluding carboxylic acids is 1. The average molecular weight is 438 g/mol. The molecule has 3 atom stereocenters. The van der Waals surface area contributed by atoms with Crippen LogP contribution in [0.15, 0.2) is 12.1 Å². The number of carbonyl (C=O) groups is 1. The second-order valence-corrected chi connectivity index (χ2v) is 10.4. The van der Waals surface area contributed by atoms with Crippen LogP contribution in [-0.4, -0.2) is 41.2 Å². The van der Waals surface area contributed by atoms with Crippen LogP contribution in [0.4, 0.5) is 19.0 Å². The van der Waals surface area contributed by atoms with Crippen LogP contribution in [-0.2, 0) is 11.0 Å². The Morgan fingerprint density at radius 3 is 2.61 bits per heavy atom. The normalized spacial score (nSPS) is 37.2. The van der Waals surface area contributed by atoms with E-state index in [4.69, 9.17) is 0 Å². The summed E-state index contributed by atoms with van der Waals surface area (Å²) in [6.45, 7) is 2.67. The zero-order valence-corrected chi connectivity index (χ0v) is 17.8. The average Bonchev–Trinajstić information content (AvgIpc) is 2.70. The van der Waals surface area contributed by atoms with E-state index in [9.17, 15) is 23.1 Å². The van der Waals surface area contributed by atoms with Crippen molar-refractivity contribution in [1.82, 2.24) is 10.3 Å². The lowest BCUT2D eigenvalue weighted by atomic mass is 9.48. The van der Waals surface area contributed by atoms with Crippen molar-refractivity contribution in [3.63, 3.8) is 0 Å². The van der Waals surface area contributed by atoms with E-state index in [1.165, 1.54) is 0 Å². The van der Waals surface area contributed by atoms with Crippen LogP contribution in [0.5, 0.6) is 0 Å². The lowest BCUT2D eigenvalue weighted by Gasteiger charge is -2.58. The topological polar surface area (TPSA) is 65.5 Å². The lowest BCUT2D eigenvalue weighted by Crippen LogP contribution is -2.60. The summed E-state index contributed by atoms with van der Waals surface area (Å²) in [6.07, 6.45) is 1.43. The minimum atomic E-state index is -4.41. The first-order valence-electron chi connectivity index (χ1n) is 11.4. The maximum atomic E-state index is 13.4. The van der Waals surface area contributed by atoms with Crippen molar-refractivity contribution >= 4 is 11.7 Å². The van der Waals surface area contributed by atoms with E-state index in [-0.39, 0.29) is 35.3 Å². The molecule has 2 N–H and O–H groups in total. The predicted molar refractivity (Wildman–Crippen MR) is 109 cm³/mol. The summed E-state index contributed by atoms with van der Waals surface area (Å²) in [6, 6.07) is 2.07. The number of aryl methyl sites for hydroxylation is 1. The molecule has 5 aliphatic rings. The Morgan fingerprint density at radius 2 is 1.94 bits per heavy atom. The maximum absolute atomic E-state index is 13.4. The molecule has 0 aromatic carbocycles. The third-order valence-electron chi connectivity index (χ3n) is 8.05. The molecule has 31 heavy (non-hydrogen) atoms. The first-order chi connectivity index (χ1) is 14.6. The zero-order chi connectivity index (χ0) is 22.0. The van der Waals surface area contributed by atoms with Crippen LogP contribution >= 0.6 is 0 Å². The van der Waals surface area contributed by atoms with Gasteiger partial charge < -0.3 is 15.3 Å². The van der Waals surface area contributed by atoms with Crippen molar-refractivity contribution in [3.8, 4) is 0 Å². The van der Waals surface area contributed by atoms with Gasteiger partial charge in [0.25, 0.3) is 0 Å². The van der Waals surface area contributed by atoms with E-state index in [0.717, 1.165) is 57.1 Å². The van der Waals surface area contributed by atoms with E-state index in [2.05, 4.69) is 10.3 Å². The fourth-order valence-electron chi connectivity index (χ4n) is 6.89. The first-order valence-corrected chi connectivity index (χ1v) is 11.4. The van der Waals surface area contributed by atoms with E-state index in [1.807, 2.05) is 4.90 Å². The Bertz CT molecular complexity index is 858. The standard InChI is InChI=1S/C23H30F3N3O2/c1-13-5-17(23(24,25)26)8-19(27-13)29-4-2-3-18(12-29)28-21(31)22-9-14-6-15(10-22)20(30)16(7-14)11-22/h5,8,14-16,18,20,30H,2-4,6-7,9-12H2,1H3,(H,28,31)/t14?,15?,16?,18-,20?,22?/m0/s1. The van der Waals surface area contributed by atoms with Crippen molar-refractivity contribution in [2.24, 2.45) is 23.2 Å². The Morgan fingerprint density at radius 1 is 1.23 bits per heavy atom. The summed E-state index contributed by atoms with van der Waals surface area (Å²) in [5, 5.41) is 13.7. The zero-order valence-electron chi connectivity index (χ0n) is 17.8. The Kier molecular flexibility index (Phi) is 4.99. The number of hydrogen-bond donors (Lipinski definition) is 2. The molecular formula is C23H30F3N3O2. The van der Waals surface area contributed by atoms with Gasteiger partial charge in [-0.1, -0.05) is 0 Å². The monoisotopic (exact) mass is 437 g/mol. The highest BCUT2D eigenvalue weighted by atomic mass is 19.4. The summed E-state index contributed by atoms with van der Waals surface area (Å²) in [7, 11) is 0. The molecule has 5 fully saturated rings. The number of nitrogens with one attached hydrogen (secondary N) is 1. The van der Waals surface area contributed by atoms with E-state index < -0.39 is 11.7 Å². The Hall–Kier alpha value is -1.83. The van der Waals surface area contributed by atoms with Crippen LogP contribution in [0, 0.1) is 30.1 Å². The number of piperidine rings is 1. The Labute approximate surface area is 180 Å². The molecule has 0 spiro atoms. The molecule has 6 rings (SSSR count). The molecule has 1 saturated heterocycles. The molecule has 0 radical (unpaired) electrons. The summed E-state index contributed by atoms with van der Waals surface area (Å²) in [5.74, 6) is 1.41. The molecule has 4 aliphatic carbocycles. The number of nitrogens with zero attached hydrogens (tertiary/aromatic N) is 2. The predicted octanol–water partition coefficient (Wildman–Crippen LogP) is 3.68. The van der Waals surface area contributed by atoms with Gasteiger partial charge in [-0.05, 0) is 81.8 Å². The molecule has 5 nitrogen and oxygen atoms in total. The summed E-state index contributed by atoms with van der Waals surface area (Å²) in [4.78, 5) is 19.6. The molecule has 1 aromatic heterocycles. The molecule has 1 aromatic rings. The van der Waals surface area contributed by atoms with Gasteiger partial charge in [-0.25, -0.2) is 4.98 Å². The van der Waals surface area contributed by atoms with Gasteiger partial charge in [0.15, 0.2) is 0 Å². The van der Waals surface area contributed by atoms with E-state index >= 15 is 0 Å². The SMILES string of the molecule is Cc1cc(C(F)(F)F)cc(N2CCC[C@H](NC(=O)C34CC5CC(C3)C(O)C(C5)C4)C2)n1. The quantitative estimate of drug-likeness (QED) is 0.757. The summed E-state index contributed by atoms with van der Waals surface area (Å²) < 4.78 is 39.7. The number of amides is 1. The molecular weight excluding hydrogens is 407 g/mol. The minimum Gasteiger partial charge on any atom is -0.393 e. The molecule has 2 unspecified atom stereocenters.